The van der Waals surface area contributed by atoms with Gasteiger partial charge in [-0.2, -0.15) is 0 Å². The van der Waals surface area contributed by atoms with Gasteiger partial charge in [0.2, 0.25) is 5.88 Å². The average molecular weight is 307 g/mol. The van der Waals surface area contributed by atoms with Crippen molar-refractivity contribution < 1.29 is 19.4 Å². The molecule has 110 valence electrons. The first kappa shape index (κ1) is 14.9. The number of rotatable bonds is 6. The van der Waals surface area contributed by atoms with Crippen molar-refractivity contribution in [3.63, 3.8) is 0 Å². The molecule has 0 fully saturated rings. The van der Waals surface area contributed by atoms with E-state index in [0.717, 1.165) is 16.9 Å². The molecule has 8 heteroatoms. The maximum absolute atomic E-state index is 11.4. The largest absolute Gasteiger partial charge is 0.481 e. The highest BCUT2D eigenvalue weighted by atomic mass is 32.1. The van der Waals surface area contributed by atoms with E-state index in [4.69, 9.17) is 9.84 Å². The Morgan fingerprint density at radius 3 is 2.81 bits per heavy atom. The Labute approximate surface area is 124 Å². The number of carbonyl (C=O) groups is 2. The van der Waals surface area contributed by atoms with Crippen LogP contribution < -0.4 is 10.1 Å². The van der Waals surface area contributed by atoms with E-state index in [-0.39, 0.29) is 16.4 Å². The lowest BCUT2D eigenvalue weighted by Crippen LogP contribution is -2.04. The summed E-state index contributed by atoms with van der Waals surface area (Å²) in [6, 6.07) is 3.55. The van der Waals surface area contributed by atoms with Gasteiger partial charge in [0.15, 0.2) is 16.6 Å². The summed E-state index contributed by atoms with van der Waals surface area (Å²) in [5.74, 6) is -1.04. The second-order valence-electron chi connectivity index (χ2n) is 4.12. The van der Waals surface area contributed by atoms with Gasteiger partial charge < -0.3 is 15.2 Å². The second-order valence-corrected chi connectivity index (χ2v) is 5.12. The molecular weight excluding hydrogens is 294 g/mol. The standard InChI is InChI=1S/C13H13N3O4S/c1-7(17)11-10(12(18)19)16-13(21-11)15-6-8-3-4-14-9(5-8)20-2/h3-5H,6H2,1-2H3,(H,15,16)(H,18,19). The fraction of sp³-hybridized carbons (Fsp3) is 0.231. The van der Waals surface area contributed by atoms with Crippen LogP contribution in [-0.4, -0.2) is 33.9 Å². The molecule has 2 rings (SSSR count). The van der Waals surface area contributed by atoms with Crippen LogP contribution in [0.5, 0.6) is 5.88 Å². The molecule has 0 saturated heterocycles. The number of ether oxygens (including phenoxy) is 1. The number of methoxy groups -OCH3 is 1. The Hall–Kier alpha value is -2.48. The predicted octanol–water partition coefficient (Wildman–Crippen LogP) is 2.06. The molecular formula is C13H13N3O4S. The van der Waals surface area contributed by atoms with Crippen molar-refractivity contribution in [1.82, 2.24) is 9.97 Å². The number of carboxylic acid groups (broad SMARTS) is 1. The number of hydrogen-bond acceptors (Lipinski definition) is 7. The van der Waals surface area contributed by atoms with Crippen molar-refractivity contribution in [3.8, 4) is 5.88 Å². The molecule has 2 aromatic heterocycles. The summed E-state index contributed by atoms with van der Waals surface area (Å²) < 4.78 is 5.02. The first-order chi connectivity index (χ1) is 10.0. The third-order valence-electron chi connectivity index (χ3n) is 2.60. The van der Waals surface area contributed by atoms with Crippen LogP contribution in [0.2, 0.25) is 0 Å². The number of Topliss-reactive ketones (excluding diaryl/α,β-unsaturated/α-hetero) is 1. The van der Waals surface area contributed by atoms with Crippen molar-refractivity contribution in [1.29, 1.82) is 0 Å². The van der Waals surface area contributed by atoms with Crippen LogP contribution in [0, 0.1) is 0 Å². The average Bonchev–Trinajstić information content (AvgIpc) is 2.90. The molecule has 0 atom stereocenters. The van der Waals surface area contributed by atoms with E-state index in [1.807, 2.05) is 0 Å². The van der Waals surface area contributed by atoms with Gasteiger partial charge in [-0.1, -0.05) is 11.3 Å². The molecule has 0 saturated carbocycles. The molecule has 0 radical (unpaired) electrons. The molecule has 0 aliphatic rings. The maximum atomic E-state index is 11.4. The minimum absolute atomic E-state index is 0.136. The van der Waals surface area contributed by atoms with Gasteiger partial charge >= 0.3 is 5.97 Å². The number of aromatic carboxylic acids is 1. The number of nitrogens with zero attached hydrogens (tertiary/aromatic N) is 2. The van der Waals surface area contributed by atoms with Gasteiger partial charge in [-0.15, -0.1) is 0 Å². The molecule has 0 aliphatic carbocycles. The Kier molecular flexibility index (Phi) is 4.49. The fourth-order valence-corrected chi connectivity index (χ4v) is 2.48. The van der Waals surface area contributed by atoms with Crippen LogP contribution in [0.15, 0.2) is 18.3 Å². The topological polar surface area (TPSA) is 101 Å². The molecule has 2 aromatic rings. The lowest BCUT2D eigenvalue weighted by molar-refractivity contribution is 0.0687. The third-order valence-corrected chi connectivity index (χ3v) is 3.72. The summed E-state index contributed by atoms with van der Waals surface area (Å²) in [6.45, 7) is 1.74. The summed E-state index contributed by atoms with van der Waals surface area (Å²) in [5.41, 5.74) is 0.681. The number of carboxylic acids is 1. The number of ketones is 1. The van der Waals surface area contributed by atoms with E-state index < -0.39 is 5.97 Å². The molecule has 0 aliphatic heterocycles. The molecule has 2 heterocycles. The van der Waals surface area contributed by atoms with E-state index >= 15 is 0 Å². The van der Waals surface area contributed by atoms with Crippen LogP contribution in [0.3, 0.4) is 0 Å². The number of carbonyl (C=O) groups excluding carboxylic acids is 1. The molecule has 0 spiro atoms. The van der Waals surface area contributed by atoms with Gasteiger partial charge in [0.1, 0.15) is 4.88 Å². The summed E-state index contributed by atoms with van der Waals surface area (Å²) in [4.78, 5) is 30.5. The maximum Gasteiger partial charge on any atom is 0.356 e. The van der Waals surface area contributed by atoms with Crippen molar-refractivity contribution in [2.24, 2.45) is 0 Å². The second kappa shape index (κ2) is 6.31. The van der Waals surface area contributed by atoms with Crippen molar-refractivity contribution in [3.05, 3.63) is 34.5 Å². The molecule has 7 nitrogen and oxygen atoms in total. The molecule has 21 heavy (non-hydrogen) atoms. The Morgan fingerprint density at radius 1 is 1.48 bits per heavy atom. The van der Waals surface area contributed by atoms with Crippen LogP contribution in [0.25, 0.3) is 0 Å². The van der Waals surface area contributed by atoms with Crippen molar-refractivity contribution in [2.75, 3.05) is 12.4 Å². The van der Waals surface area contributed by atoms with Crippen LogP contribution in [-0.2, 0) is 6.54 Å². The van der Waals surface area contributed by atoms with Gasteiger partial charge in [-0.25, -0.2) is 14.8 Å². The minimum atomic E-state index is -1.21. The molecule has 0 aromatic carbocycles. The van der Waals surface area contributed by atoms with E-state index in [1.165, 1.54) is 14.0 Å². The third kappa shape index (κ3) is 3.54. The smallest absolute Gasteiger partial charge is 0.356 e. The number of thiazole rings is 1. The van der Waals surface area contributed by atoms with Crippen LogP contribution >= 0.6 is 11.3 Å². The van der Waals surface area contributed by atoms with Gasteiger partial charge in [0.25, 0.3) is 0 Å². The molecule has 0 unspecified atom stereocenters. The van der Waals surface area contributed by atoms with Gasteiger partial charge in [-0.05, 0) is 11.6 Å². The number of pyridine rings is 1. The Bertz CT molecular complexity index is 652. The summed E-state index contributed by atoms with van der Waals surface area (Å²) >= 11 is 1.03. The molecule has 0 amide bonds. The zero-order chi connectivity index (χ0) is 15.4. The van der Waals surface area contributed by atoms with Crippen molar-refractivity contribution >= 4 is 28.2 Å². The highest BCUT2D eigenvalue weighted by molar-refractivity contribution is 7.17. The monoisotopic (exact) mass is 307 g/mol. The number of anilines is 1. The quantitative estimate of drug-likeness (QED) is 0.787. The SMILES string of the molecule is COc1cc(CNc2nc(C(=O)O)c(C(C)=O)s2)ccn1. The van der Waals surface area contributed by atoms with Crippen LogP contribution in [0.1, 0.15) is 32.6 Å². The number of aromatic nitrogens is 2. The lowest BCUT2D eigenvalue weighted by atomic mass is 10.2. The van der Waals surface area contributed by atoms with Crippen molar-refractivity contribution in [2.45, 2.75) is 13.5 Å². The van der Waals surface area contributed by atoms with Gasteiger partial charge in [0, 0.05) is 25.7 Å². The zero-order valence-electron chi connectivity index (χ0n) is 11.4. The number of hydrogen-bond donors (Lipinski definition) is 2. The van der Waals surface area contributed by atoms with E-state index in [0.29, 0.717) is 17.6 Å². The Balaban J connectivity index is 2.14. The van der Waals surface area contributed by atoms with E-state index in [2.05, 4.69) is 15.3 Å². The fourth-order valence-electron chi connectivity index (χ4n) is 1.63. The summed E-state index contributed by atoms with van der Waals surface area (Å²) in [6.07, 6.45) is 1.61. The van der Waals surface area contributed by atoms with Crippen LogP contribution in [0.4, 0.5) is 5.13 Å². The van der Waals surface area contributed by atoms with E-state index in [9.17, 15) is 9.59 Å². The summed E-state index contributed by atoms with van der Waals surface area (Å²) in [7, 11) is 1.53. The van der Waals surface area contributed by atoms with Gasteiger partial charge in [0.05, 0.1) is 7.11 Å². The molecule has 2 N–H and O–H groups in total. The van der Waals surface area contributed by atoms with E-state index in [1.54, 1.807) is 18.3 Å². The first-order valence-electron chi connectivity index (χ1n) is 5.99. The normalized spacial score (nSPS) is 10.2. The van der Waals surface area contributed by atoms with Gasteiger partial charge in [-0.3, -0.25) is 4.79 Å². The summed E-state index contributed by atoms with van der Waals surface area (Å²) in [5, 5.41) is 12.4. The first-order valence-corrected chi connectivity index (χ1v) is 6.80. The predicted molar refractivity (Wildman–Crippen MR) is 77.2 cm³/mol. The molecule has 0 bridgehead atoms. The Morgan fingerprint density at radius 2 is 2.24 bits per heavy atom. The lowest BCUT2D eigenvalue weighted by Gasteiger charge is -2.04. The highest BCUT2D eigenvalue weighted by Crippen LogP contribution is 2.24. The minimum Gasteiger partial charge on any atom is -0.481 e. The highest BCUT2D eigenvalue weighted by Gasteiger charge is 2.20. The number of nitrogens with one attached hydrogen (secondary N) is 1. The zero-order valence-corrected chi connectivity index (χ0v) is 12.2.